The van der Waals surface area contributed by atoms with Gasteiger partial charge in [-0.3, -0.25) is 0 Å². The van der Waals surface area contributed by atoms with Crippen LogP contribution in [0.1, 0.15) is 31.9 Å². The van der Waals surface area contributed by atoms with Gasteiger partial charge >= 0.3 is 0 Å². The molecule has 1 heterocycles. The third-order valence-electron chi connectivity index (χ3n) is 2.10. The van der Waals surface area contributed by atoms with E-state index in [0.717, 1.165) is 17.0 Å². The third-order valence-corrected chi connectivity index (χ3v) is 3.20. The number of aliphatic hydroxyl groups is 2. The highest BCUT2D eigenvalue weighted by Crippen LogP contribution is 2.25. The predicted octanol–water partition coefficient (Wildman–Crippen LogP) is 2.00. The molecule has 0 aliphatic carbocycles. The summed E-state index contributed by atoms with van der Waals surface area (Å²) in [5.41, 5.74) is 0.878. The first-order valence-corrected chi connectivity index (χ1v) is 5.93. The maximum absolute atomic E-state index is 9.41. The lowest BCUT2D eigenvalue weighted by molar-refractivity contribution is 0.199. The Bertz CT molecular complexity index is 304. The molecule has 0 bridgehead atoms. The fraction of sp³-hybridized carbons (Fsp3) is 0.545. The summed E-state index contributed by atoms with van der Waals surface area (Å²) in [5, 5.41) is 19.4. The molecule has 0 fully saturated rings. The van der Waals surface area contributed by atoms with Gasteiger partial charge in [-0.25, -0.2) is 4.98 Å². The van der Waals surface area contributed by atoms with Gasteiger partial charge < -0.3 is 10.2 Å². The molecule has 84 valence electrons. The molecule has 2 atom stereocenters. The number of hydrogen-bond donors (Lipinski definition) is 2. The average Bonchev–Trinajstić information content (AvgIpc) is 2.18. The predicted molar refractivity (Wildman–Crippen MR) is 61.9 cm³/mol. The Hall–Kier alpha value is -0.580. The van der Waals surface area contributed by atoms with Crippen LogP contribution in [0.2, 0.25) is 0 Å². The van der Waals surface area contributed by atoms with E-state index in [1.165, 1.54) is 0 Å². The minimum Gasteiger partial charge on any atom is -0.396 e. The first-order valence-electron chi connectivity index (χ1n) is 5.05. The molecule has 2 N–H and O–H groups in total. The molecule has 0 spiro atoms. The first kappa shape index (κ1) is 12.5. The van der Waals surface area contributed by atoms with Gasteiger partial charge in [0.1, 0.15) is 0 Å². The highest BCUT2D eigenvalue weighted by molar-refractivity contribution is 7.99. The molecule has 15 heavy (non-hydrogen) atoms. The van der Waals surface area contributed by atoms with E-state index >= 15 is 0 Å². The Kier molecular flexibility index (Phi) is 5.08. The summed E-state index contributed by atoms with van der Waals surface area (Å²) in [6.45, 7) is 3.99. The number of rotatable bonds is 5. The van der Waals surface area contributed by atoms with Crippen LogP contribution in [-0.4, -0.2) is 27.1 Å². The number of aliphatic hydroxyl groups excluding tert-OH is 2. The van der Waals surface area contributed by atoms with Crippen LogP contribution in [0.15, 0.2) is 23.4 Å². The van der Waals surface area contributed by atoms with Crippen LogP contribution in [0.4, 0.5) is 0 Å². The zero-order chi connectivity index (χ0) is 11.3. The molecule has 4 heteroatoms. The summed E-state index contributed by atoms with van der Waals surface area (Å²) in [5.74, 6) is 0. The van der Waals surface area contributed by atoms with Gasteiger partial charge in [0.25, 0.3) is 0 Å². The molecule has 0 aliphatic rings. The van der Waals surface area contributed by atoms with Crippen molar-refractivity contribution in [2.24, 2.45) is 0 Å². The summed E-state index contributed by atoms with van der Waals surface area (Å²) >= 11 is 1.62. The SMILES string of the molecule is CC(CCO)Sc1cc(C(C)O)ccn1. The molecule has 1 aromatic heterocycles. The van der Waals surface area contributed by atoms with E-state index in [-0.39, 0.29) is 6.61 Å². The number of aromatic nitrogens is 1. The lowest BCUT2D eigenvalue weighted by Crippen LogP contribution is -2.00. The minimum absolute atomic E-state index is 0.199. The number of thioether (sulfide) groups is 1. The van der Waals surface area contributed by atoms with Gasteiger partial charge in [0, 0.05) is 18.1 Å². The Labute approximate surface area is 94.6 Å². The van der Waals surface area contributed by atoms with Crippen LogP contribution >= 0.6 is 11.8 Å². The van der Waals surface area contributed by atoms with Gasteiger partial charge in [-0.2, -0.15) is 0 Å². The molecular weight excluding hydrogens is 210 g/mol. The van der Waals surface area contributed by atoms with Gasteiger partial charge in [0.15, 0.2) is 0 Å². The molecule has 0 aliphatic heterocycles. The second-order valence-electron chi connectivity index (χ2n) is 3.54. The first-order chi connectivity index (χ1) is 7.13. The summed E-state index contributed by atoms with van der Waals surface area (Å²) in [6, 6.07) is 3.70. The summed E-state index contributed by atoms with van der Waals surface area (Å²) < 4.78 is 0. The van der Waals surface area contributed by atoms with Crippen LogP contribution in [0.3, 0.4) is 0 Å². The lowest BCUT2D eigenvalue weighted by atomic mass is 10.2. The van der Waals surface area contributed by atoms with Crippen molar-refractivity contribution in [1.29, 1.82) is 0 Å². The normalized spacial score (nSPS) is 14.9. The second kappa shape index (κ2) is 6.10. The van der Waals surface area contributed by atoms with Crippen molar-refractivity contribution >= 4 is 11.8 Å². The van der Waals surface area contributed by atoms with Gasteiger partial charge in [0.2, 0.25) is 0 Å². The highest BCUT2D eigenvalue weighted by atomic mass is 32.2. The van der Waals surface area contributed by atoms with E-state index in [9.17, 15) is 5.11 Å². The number of hydrogen-bond acceptors (Lipinski definition) is 4. The van der Waals surface area contributed by atoms with Gasteiger partial charge in [0.05, 0.1) is 11.1 Å². The van der Waals surface area contributed by atoms with Crippen molar-refractivity contribution in [2.45, 2.75) is 36.6 Å². The van der Waals surface area contributed by atoms with E-state index < -0.39 is 6.10 Å². The lowest BCUT2D eigenvalue weighted by Gasteiger charge is -2.10. The quantitative estimate of drug-likeness (QED) is 0.755. The topological polar surface area (TPSA) is 53.4 Å². The van der Waals surface area contributed by atoms with Crippen molar-refractivity contribution in [3.8, 4) is 0 Å². The zero-order valence-corrected chi connectivity index (χ0v) is 9.87. The Morgan fingerprint density at radius 2 is 2.20 bits per heavy atom. The van der Waals surface area contributed by atoms with Crippen molar-refractivity contribution in [2.75, 3.05) is 6.61 Å². The summed E-state index contributed by atoms with van der Waals surface area (Å²) in [4.78, 5) is 4.21. The van der Waals surface area contributed by atoms with Crippen LogP contribution in [0.25, 0.3) is 0 Å². The van der Waals surface area contributed by atoms with Crippen molar-refractivity contribution < 1.29 is 10.2 Å². The molecule has 0 saturated heterocycles. The van der Waals surface area contributed by atoms with E-state index in [1.807, 2.05) is 12.1 Å². The molecule has 1 aromatic rings. The summed E-state index contributed by atoms with van der Waals surface area (Å²) in [7, 11) is 0. The zero-order valence-electron chi connectivity index (χ0n) is 9.05. The summed E-state index contributed by atoms with van der Waals surface area (Å²) in [6.07, 6.45) is 2.00. The van der Waals surface area contributed by atoms with E-state index in [1.54, 1.807) is 24.9 Å². The van der Waals surface area contributed by atoms with Crippen LogP contribution in [-0.2, 0) is 0 Å². The molecule has 3 nitrogen and oxygen atoms in total. The molecule has 0 aromatic carbocycles. The second-order valence-corrected chi connectivity index (χ2v) is 5.00. The maximum Gasteiger partial charge on any atom is 0.0966 e. The van der Waals surface area contributed by atoms with Crippen LogP contribution in [0.5, 0.6) is 0 Å². The molecule has 1 rings (SSSR count). The number of nitrogens with zero attached hydrogens (tertiary/aromatic N) is 1. The molecular formula is C11H17NO2S. The van der Waals surface area contributed by atoms with Crippen LogP contribution in [0, 0.1) is 0 Å². The van der Waals surface area contributed by atoms with E-state index in [0.29, 0.717) is 5.25 Å². The molecule has 0 radical (unpaired) electrons. The standard InChI is InChI=1S/C11H17NO2S/c1-8(4-6-13)15-11-7-10(9(2)14)3-5-12-11/h3,5,7-9,13-14H,4,6H2,1-2H3. The molecule has 0 saturated carbocycles. The number of pyridine rings is 1. The van der Waals surface area contributed by atoms with E-state index in [4.69, 9.17) is 5.11 Å². The van der Waals surface area contributed by atoms with Gasteiger partial charge in [-0.1, -0.05) is 6.92 Å². The van der Waals surface area contributed by atoms with E-state index in [2.05, 4.69) is 11.9 Å². The fourth-order valence-electron chi connectivity index (χ4n) is 1.20. The van der Waals surface area contributed by atoms with Crippen molar-refractivity contribution in [3.05, 3.63) is 23.9 Å². The Morgan fingerprint density at radius 1 is 1.47 bits per heavy atom. The van der Waals surface area contributed by atoms with Crippen molar-refractivity contribution in [3.63, 3.8) is 0 Å². The fourth-order valence-corrected chi connectivity index (χ4v) is 2.16. The Balaban J connectivity index is 2.65. The minimum atomic E-state index is -0.458. The van der Waals surface area contributed by atoms with Crippen molar-refractivity contribution in [1.82, 2.24) is 4.98 Å². The van der Waals surface area contributed by atoms with Gasteiger partial charge in [-0.05, 0) is 31.0 Å². The largest absolute Gasteiger partial charge is 0.396 e. The Morgan fingerprint density at radius 3 is 2.80 bits per heavy atom. The van der Waals surface area contributed by atoms with Gasteiger partial charge in [-0.15, -0.1) is 11.8 Å². The smallest absolute Gasteiger partial charge is 0.0966 e. The van der Waals surface area contributed by atoms with Crippen LogP contribution < -0.4 is 0 Å². The maximum atomic E-state index is 9.41. The molecule has 2 unspecified atom stereocenters. The monoisotopic (exact) mass is 227 g/mol. The third kappa shape index (κ3) is 4.20. The molecule has 0 amide bonds. The average molecular weight is 227 g/mol. The highest BCUT2D eigenvalue weighted by Gasteiger charge is 2.07.